The van der Waals surface area contributed by atoms with E-state index in [0.717, 1.165) is 10.6 Å². The second-order valence-electron chi connectivity index (χ2n) is 7.05. The fraction of sp³-hybridized carbons (Fsp3) is 0.238. The van der Waals surface area contributed by atoms with Gasteiger partial charge in [-0.05, 0) is 19.1 Å². The fourth-order valence-corrected chi connectivity index (χ4v) is 2.97. The average Bonchev–Trinajstić information content (AvgIpc) is 3.12. The molecular formula is C21H19N3O7. The van der Waals surface area contributed by atoms with Gasteiger partial charge in [0.15, 0.2) is 12.4 Å². The smallest absolute Gasteiger partial charge is 0.311 e. The van der Waals surface area contributed by atoms with Crippen LogP contribution >= 0.6 is 0 Å². The number of Topliss-reactive ketones (excluding diaryl/α,β-unsaturated/α-hetero) is 1. The third-order valence-electron chi connectivity index (χ3n) is 4.75. The van der Waals surface area contributed by atoms with E-state index >= 15 is 0 Å². The number of amides is 2. The number of ether oxygens (including phenoxy) is 1. The number of nitro benzene ring substituents is 1. The number of hydrogen-bond acceptors (Lipinski definition) is 7. The van der Waals surface area contributed by atoms with Crippen molar-refractivity contribution < 1.29 is 28.8 Å². The molecule has 2 amide bonds. The van der Waals surface area contributed by atoms with E-state index < -0.39 is 35.2 Å². The summed E-state index contributed by atoms with van der Waals surface area (Å²) in [5.41, 5.74) is 3.73. The second kappa shape index (κ2) is 9.16. The number of esters is 1. The van der Waals surface area contributed by atoms with Gasteiger partial charge in [-0.3, -0.25) is 39.7 Å². The molecule has 2 aromatic carbocycles. The summed E-state index contributed by atoms with van der Waals surface area (Å²) in [5, 5.41) is 11.7. The van der Waals surface area contributed by atoms with E-state index in [-0.39, 0.29) is 30.0 Å². The molecule has 1 saturated heterocycles. The fourth-order valence-electron chi connectivity index (χ4n) is 2.97. The number of carbonyl (C=O) groups excluding carboxylic acids is 4. The summed E-state index contributed by atoms with van der Waals surface area (Å²) < 4.78 is 5.05. The number of ketones is 1. The summed E-state index contributed by atoms with van der Waals surface area (Å²) in [7, 11) is 0. The molecule has 0 saturated carbocycles. The minimum absolute atomic E-state index is 0.102. The van der Waals surface area contributed by atoms with Crippen LogP contribution in [0.25, 0.3) is 0 Å². The Hall–Kier alpha value is -4.08. The average molecular weight is 425 g/mol. The molecule has 0 aromatic heterocycles. The molecule has 160 valence electrons. The number of non-ortho nitro benzene ring substituents is 1. The van der Waals surface area contributed by atoms with Crippen molar-refractivity contribution in [3.8, 4) is 0 Å². The van der Waals surface area contributed by atoms with E-state index in [9.17, 15) is 29.3 Å². The highest BCUT2D eigenvalue weighted by Crippen LogP contribution is 2.19. The zero-order chi connectivity index (χ0) is 22.5. The number of carbonyl (C=O) groups is 4. The third kappa shape index (κ3) is 5.30. The molecule has 0 spiro atoms. The van der Waals surface area contributed by atoms with E-state index in [4.69, 9.17) is 4.74 Å². The quantitative estimate of drug-likeness (QED) is 0.309. The van der Waals surface area contributed by atoms with Crippen molar-refractivity contribution in [2.45, 2.75) is 13.3 Å². The molecule has 1 N–H and O–H groups in total. The maximum Gasteiger partial charge on any atom is 0.311 e. The highest BCUT2D eigenvalue weighted by Gasteiger charge is 2.36. The van der Waals surface area contributed by atoms with Gasteiger partial charge in [-0.15, -0.1) is 0 Å². The van der Waals surface area contributed by atoms with Crippen molar-refractivity contribution in [1.82, 2.24) is 10.4 Å². The Morgan fingerprint density at radius 2 is 1.71 bits per heavy atom. The highest BCUT2D eigenvalue weighted by molar-refractivity contribution is 5.99. The first-order valence-electron chi connectivity index (χ1n) is 9.37. The lowest BCUT2D eigenvalue weighted by Crippen LogP contribution is -2.43. The van der Waals surface area contributed by atoms with Crippen molar-refractivity contribution >= 4 is 29.3 Å². The topological polar surface area (TPSA) is 136 Å². The monoisotopic (exact) mass is 425 g/mol. The van der Waals surface area contributed by atoms with Crippen LogP contribution in [-0.4, -0.2) is 46.7 Å². The molecule has 1 aliphatic heterocycles. The van der Waals surface area contributed by atoms with Crippen molar-refractivity contribution in [2.24, 2.45) is 5.92 Å². The molecule has 0 bridgehead atoms. The minimum Gasteiger partial charge on any atom is -0.457 e. The van der Waals surface area contributed by atoms with Crippen LogP contribution in [0.15, 0.2) is 48.5 Å². The Bertz CT molecular complexity index is 1030. The van der Waals surface area contributed by atoms with Crippen LogP contribution in [0.2, 0.25) is 0 Å². The number of nitrogens with one attached hydrogen (secondary N) is 1. The Kier molecular flexibility index (Phi) is 6.39. The van der Waals surface area contributed by atoms with Gasteiger partial charge in [0.25, 0.3) is 11.6 Å². The Balaban J connectivity index is 1.52. The molecule has 10 heteroatoms. The van der Waals surface area contributed by atoms with Crippen LogP contribution in [-0.2, 0) is 14.3 Å². The normalized spacial score (nSPS) is 15.5. The summed E-state index contributed by atoms with van der Waals surface area (Å²) in [6, 6.07) is 11.7. The first-order chi connectivity index (χ1) is 14.7. The Labute approximate surface area is 176 Å². The molecule has 10 nitrogen and oxygen atoms in total. The van der Waals surface area contributed by atoms with Gasteiger partial charge >= 0.3 is 5.97 Å². The molecule has 1 unspecified atom stereocenters. The van der Waals surface area contributed by atoms with Gasteiger partial charge in [-0.1, -0.05) is 29.8 Å². The van der Waals surface area contributed by atoms with Crippen molar-refractivity contribution in [1.29, 1.82) is 0 Å². The summed E-state index contributed by atoms with van der Waals surface area (Å²) in [6.45, 7) is 1.34. The van der Waals surface area contributed by atoms with Crippen LogP contribution in [0.1, 0.15) is 32.7 Å². The summed E-state index contributed by atoms with van der Waals surface area (Å²) in [5.74, 6) is -3.02. The lowest BCUT2D eigenvalue weighted by Gasteiger charge is -2.17. The van der Waals surface area contributed by atoms with Gasteiger partial charge < -0.3 is 4.74 Å². The van der Waals surface area contributed by atoms with Crippen LogP contribution < -0.4 is 5.43 Å². The van der Waals surface area contributed by atoms with Crippen LogP contribution in [0.3, 0.4) is 0 Å². The van der Waals surface area contributed by atoms with E-state index in [2.05, 4.69) is 5.43 Å². The van der Waals surface area contributed by atoms with Crippen molar-refractivity contribution in [3.05, 3.63) is 75.3 Å². The SMILES string of the molecule is Cc1ccc(C(=O)COC(=O)C2CC(=O)N(NC(=O)c3ccc([N+](=O)[O-])cc3)C2)cc1. The second-order valence-corrected chi connectivity index (χ2v) is 7.05. The Morgan fingerprint density at radius 3 is 2.32 bits per heavy atom. The number of nitrogens with zero attached hydrogens (tertiary/aromatic N) is 2. The third-order valence-corrected chi connectivity index (χ3v) is 4.75. The standard InChI is InChI=1S/C21H19N3O7/c1-13-2-4-14(5-3-13)18(25)12-31-21(28)16-10-19(26)23(11-16)22-20(27)15-6-8-17(9-7-15)24(29)30/h2-9,16H,10-12H2,1H3,(H,22,27). The van der Waals surface area contributed by atoms with E-state index in [1.165, 1.54) is 24.3 Å². The Morgan fingerprint density at radius 1 is 1.10 bits per heavy atom. The molecule has 1 fully saturated rings. The van der Waals surface area contributed by atoms with E-state index in [1.54, 1.807) is 24.3 Å². The van der Waals surface area contributed by atoms with Crippen molar-refractivity contribution in [2.75, 3.05) is 13.2 Å². The van der Waals surface area contributed by atoms with Gasteiger partial charge in [-0.2, -0.15) is 0 Å². The predicted molar refractivity (Wildman–Crippen MR) is 107 cm³/mol. The van der Waals surface area contributed by atoms with Crippen LogP contribution in [0.5, 0.6) is 0 Å². The van der Waals surface area contributed by atoms with Gasteiger partial charge in [0.1, 0.15) is 0 Å². The molecule has 1 aliphatic rings. The molecule has 0 radical (unpaired) electrons. The summed E-state index contributed by atoms with van der Waals surface area (Å²) in [4.78, 5) is 58.9. The van der Waals surface area contributed by atoms with E-state index in [1.807, 2.05) is 6.92 Å². The lowest BCUT2D eigenvalue weighted by molar-refractivity contribution is -0.384. The number of nitro groups is 1. The van der Waals surface area contributed by atoms with Gasteiger partial charge in [0, 0.05) is 29.7 Å². The molecular weight excluding hydrogens is 406 g/mol. The van der Waals surface area contributed by atoms with Crippen LogP contribution in [0.4, 0.5) is 5.69 Å². The zero-order valence-corrected chi connectivity index (χ0v) is 16.6. The molecule has 1 atom stereocenters. The number of benzene rings is 2. The van der Waals surface area contributed by atoms with E-state index in [0.29, 0.717) is 5.56 Å². The molecule has 3 rings (SSSR count). The van der Waals surface area contributed by atoms with Gasteiger partial charge in [-0.25, -0.2) is 0 Å². The first-order valence-corrected chi connectivity index (χ1v) is 9.37. The predicted octanol–water partition coefficient (Wildman–Crippen LogP) is 1.82. The first kappa shape index (κ1) is 21.6. The minimum atomic E-state index is -0.824. The lowest BCUT2D eigenvalue weighted by atomic mass is 10.1. The largest absolute Gasteiger partial charge is 0.457 e. The number of hydrazine groups is 1. The van der Waals surface area contributed by atoms with Gasteiger partial charge in [0.05, 0.1) is 17.4 Å². The molecule has 2 aromatic rings. The van der Waals surface area contributed by atoms with Crippen molar-refractivity contribution in [3.63, 3.8) is 0 Å². The highest BCUT2D eigenvalue weighted by atomic mass is 16.6. The van der Waals surface area contributed by atoms with Gasteiger partial charge in [0.2, 0.25) is 5.91 Å². The van der Waals surface area contributed by atoms with Crippen LogP contribution in [0, 0.1) is 23.0 Å². The molecule has 1 heterocycles. The summed E-state index contributed by atoms with van der Waals surface area (Å²) in [6.07, 6.45) is -0.169. The summed E-state index contributed by atoms with van der Waals surface area (Å²) >= 11 is 0. The number of hydrogen-bond donors (Lipinski definition) is 1. The number of rotatable bonds is 7. The maximum atomic E-state index is 12.3. The zero-order valence-electron chi connectivity index (χ0n) is 16.6. The molecule has 0 aliphatic carbocycles. The maximum absolute atomic E-state index is 12.3. The molecule has 31 heavy (non-hydrogen) atoms. The number of aryl methyl sites for hydroxylation is 1.